The highest BCUT2D eigenvalue weighted by Crippen LogP contribution is 2.17. The van der Waals surface area contributed by atoms with Crippen molar-refractivity contribution in [3.63, 3.8) is 0 Å². The lowest BCUT2D eigenvalue weighted by atomic mass is 9.98. The topological polar surface area (TPSA) is 12.0 Å². The Labute approximate surface area is 110 Å². The maximum atomic E-state index is 3.53. The van der Waals surface area contributed by atoms with Gasteiger partial charge in [0.1, 0.15) is 0 Å². The van der Waals surface area contributed by atoms with Crippen molar-refractivity contribution in [2.45, 2.75) is 32.6 Å². The van der Waals surface area contributed by atoms with Crippen LogP contribution in [0.3, 0.4) is 0 Å². The molecule has 1 aromatic carbocycles. The molecule has 17 heavy (non-hydrogen) atoms. The van der Waals surface area contributed by atoms with Crippen molar-refractivity contribution in [1.29, 1.82) is 0 Å². The van der Waals surface area contributed by atoms with Crippen molar-refractivity contribution < 1.29 is 0 Å². The summed E-state index contributed by atoms with van der Waals surface area (Å²) in [5.41, 5.74) is 1.45. The van der Waals surface area contributed by atoms with Crippen LogP contribution in [0.15, 0.2) is 30.3 Å². The molecule has 0 spiro atoms. The Bertz CT molecular complexity index is 274. The molecular formula is C15H25NS. The molecule has 0 saturated carbocycles. The highest BCUT2D eigenvalue weighted by atomic mass is 32.2. The Morgan fingerprint density at radius 3 is 2.65 bits per heavy atom. The lowest BCUT2D eigenvalue weighted by Gasteiger charge is -2.12. The summed E-state index contributed by atoms with van der Waals surface area (Å²) >= 11 is 2.03. The third-order valence-corrected chi connectivity index (χ3v) is 3.95. The largest absolute Gasteiger partial charge is 0.317 e. The number of nitrogens with one attached hydrogen (secondary N) is 1. The summed E-state index contributed by atoms with van der Waals surface area (Å²) < 4.78 is 0. The molecule has 0 bridgehead atoms. The van der Waals surface area contributed by atoms with Gasteiger partial charge in [0.25, 0.3) is 0 Å². The molecule has 0 amide bonds. The highest BCUT2D eigenvalue weighted by molar-refractivity contribution is 7.99. The normalized spacial score (nSPS) is 12.6. The molecule has 1 N–H and O–H groups in total. The van der Waals surface area contributed by atoms with Crippen LogP contribution in [0, 0.1) is 0 Å². The van der Waals surface area contributed by atoms with Gasteiger partial charge in [-0.2, -0.15) is 11.8 Å². The maximum Gasteiger partial charge on any atom is -0.00411 e. The summed E-state index contributed by atoms with van der Waals surface area (Å²) in [7, 11) is 0. The van der Waals surface area contributed by atoms with E-state index in [0.29, 0.717) is 5.92 Å². The average molecular weight is 251 g/mol. The standard InChI is InChI=1S/C15H25NS/c1-3-17-13-7-11-16-12-10-14(2)15-8-5-4-6-9-15/h4-6,8-9,14,16H,3,7,10-13H2,1-2H3. The van der Waals surface area contributed by atoms with E-state index in [0.717, 1.165) is 13.1 Å². The highest BCUT2D eigenvalue weighted by Gasteiger charge is 2.03. The van der Waals surface area contributed by atoms with Crippen LogP contribution < -0.4 is 5.32 Å². The number of rotatable bonds is 9. The predicted octanol–water partition coefficient (Wildman–Crippen LogP) is 3.91. The Kier molecular flexibility index (Phi) is 8.20. The third-order valence-electron chi connectivity index (χ3n) is 2.97. The van der Waals surface area contributed by atoms with E-state index in [2.05, 4.69) is 49.5 Å². The molecule has 0 aliphatic carbocycles. The van der Waals surface area contributed by atoms with Crippen molar-refractivity contribution in [2.24, 2.45) is 0 Å². The lowest BCUT2D eigenvalue weighted by Crippen LogP contribution is -2.18. The number of benzene rings is 1. The first-order valence-electron chi connectivity index (χ1n) is 6.68. The van der Waals surface area contributed by atoms with E-state index in [4.69, 9.17) is 0 Å². The van der Waals surface area contributed by atoms with Crippen LogP contribution in [0.2, 0.25) is 0 Å². The molecule has 1 nitrogen and oxygen atoms in total. The van der Waals surface area contributed by atoms with Crippen molar-refractivity contribution in [1.82, 2.24) is 5.32 Å². The van der Waals surface area contributed by atoms with Crippen LogP contribution in [0.1, 0.15) is 38.2 Å². The maximum absolute atomic E-state index is 3.53. The van der Waals surface area contributed by atoms with E-state index in [1.54, 1.807) is 0 Å². The first-order valence-corrected chi connectivity index (χ1v) is 7.83. The lowest BCUT2D eigenvalue weighted by molar-refractivity contribution is 0.592. The Morgan fingerprint density at radius 1 is 1.18 bits per heavy atom. The summed E-state index contributed by atoms with van der Waals surface area (Å²) in [6, 6.07) is 10.8. The number of hydrogen-bond acceptors (Lipinski definition) is 2. The second-order valence-corrected chi connectivity index (χ2v) is 5.79. The molecule has 1 atom stereocenters. The van der Waals surface area contributed by atoms with Crippen LogP contribution in [0.4, 0.5) is 0 Å². The fourth-order valence-corrected chi connectivity index (χ4v) is 2.47. The van der Waals surface area contributed by atoms with Gasteiger partial charge in [0, 0.05) is 0 Å². The van der Waals surface area contributed by atoms with Crippen molar-refractivity contribution in [2.75, 3.05) is 24.6 Å². The van der Waals surface area contributed by atoms with Crippen molar-refractivity contribution in [3.8, 4) is 0 Å². The monoisotopic (exact) mass is 251 g/mol. The Morgan fingerprint density at radius 2 is 1.94 bits per heavy atom. The van der Waals surface area contributed by atoms with E-state index in [1.807, 2.05) is 11.8 Å². The molecule has 0 aliphatic heterocycles. The minimum absolute atomic E-state index is 0.661. The summed E-state index contributed by atoms with van der Waals surface area (Å²) in [4.78, 5) is 0. The quantitative estimate of drug-likeness (QED) is 0.668. The van der Waals surface area contributed by atoms with Gasteiger partial charge in [-0.25, -0.2) is 0 Å². The zero-order valence-corrected chi connectivity index (χ0v) is 11.9. The van der Waals surface area contributed by atoms with Crippen molar-refractivity contribution in [3.05, 3.63) is 35.9 Å². The van der Waals surface area contributed by atoms with Crippen LogP contribution in [-0.2, 0) is 0 Å². The first-order chi connectivity index (χ1) is 8.34. The molecule has 2 heteroatoms. The van der Waals surface area contributed by atoms with E-state index in [-0.39, 0.29) is 0 Å². The van der Waals surface area contributed by atoms with Crippen LogP contribution in [-0.4, -0.2) is 24.6 Å². The van der Waals surface area contributed by atoms with Gasteiger partial charge in [-0.05, 0) is 48.9 Å². The van der Waals surface area contributed by atoms with Gasteiger partial charge in [-0.3, -0.25) is 0 Å². The van der Waals surface area contributed by atoms with E-state index in [1.165, 1.54) is 29.9 Å². The van der Waals surface area contributed by atoms with Crippen LogP contribution in [0.5, 0.6) is 0 Å². The molecule has 1 rings (SSSR count). The van der Waals surface area contributed by atoms with E-state index < -0.39 is 0 Å². The molecule has 0 radical (unpaired) electrons. The molecule has 1 unspecified atom stereocenters. The Hall–Kier alpha value is -0.470. The summed E-state index contributed by atoms with van der Waals surface area (Å²) in [5.74, 6) is 3.19. The smallest absolute Gasteiger partial charge is 0.00411 e. The number of hydrogen-bond donors (Lipinski definition) is 1. The fourth-order valence-electron chi connectivity index (χ4n) is 1.84. The zero-order valence-electron chi connectivity index (χ0n) is 11.1. The van der Waals surface area contributed by atoms with Gasteiger partial charge in [-0.15, -0.1) is 0 Å². The molecule has 0 aliphatic rings. The zero-order chi connectivity index (χ0) is 12.3. The van der Waals surface area contributed by atoms with Gasteiger partial charge >= 0.3 is 0 Å². The minimum Gasteiger partial charge on any atom is -0.317 e. The van der Waals surface area contributed by atoms with E-state index >= 15 is 0 Å². The first kappa shape index (κ1) is 14.6. The molecule has 0 saturated heterocycles. The molecule has 96 valence electrons. The van der Waals surface area contributed by atoms with Crippen LogP contribution in [0.25, 0.3) is 0 Å². The molecule has 0 fully saturated rings. The van der Waals surface area contributed by atoms with Crippen molar-refractivity contribution >= 4 is 11.8 Å². The summed E-state index contributed by atoms with van der Waals surface area (Å²) in [6.07, 6.45) is 2.52. The minimum atomic E-state index is 0.661. The summed E-state index contributed by atoms with van der Waals surface area (Å²) in [6.45, 7) is 6.82. The fraction of sp³-hybridized carbons (Fsp3) is 0.600. The Balaban J connectivity index is 2.03. The molecule has 1 aromatic rings. The number of thioether (sulfide) groups is 1. The van der Waals surface area contributed by atoms with Gasteiger partial charge < -0.3 is 5.32 Å². The van der Waals surface area contributed by atoms with E-state index in [9.17, 15) is 0 Å². The SMILES string of the molecule is CCSCCCNCCC(C)c1ccccc1. The van der Waals surface area contributed by atoms with Gasteiger partial charge in [-0.1, -0.05) is 44.2 Å². The average Bonchev–Trinajstić information content (AvgIpc) is 2.38. The van der Waals surface area contributed by atoms with Crippen LogP contribution >= 0.6 is 11.8 Å². The second kappa shape index (κ2) is 9.55. The molecule has 0 aromatic heterocycles. The van der Waals surface area contributed by atoms with Gasteiger partial charge in [0.05, 0.1) is 0 Å². The summed E-state index contributed by atoms with van der Waals surface area (Å²) in [5, 5.41) is 3.53. The molecular weight excluding hydrogens is 226 g/mol. The second-order valence-electron chi connectivity index (χ2n) is 4.40. The molecule has 0 heterocycles. The predicted molar refractivity (Wildman–Crippen MR) is 80.0 cm³/mol. The van der Waals surface area contributed by atoms with Gasteiger partial charge in [0.15, 0.2) is 0 Å². The third kappa shape index (κ3) is 6.75. The van der Waals surface area contributed by atoms with Gasteiger partial charge in [0.2, 0.25) is 0 Å².